The van der Waals surface area contributed by atoms with Gasteiger partial charge < -0.3 is 9.84 Å². The maximum Gasteiger partial charge on any atom is 0.0657 e. The van der Waals surface area contributed by atoms with Gasteiger partial charge in [0.05, 0.1) is 11.7 Å². The van der Waals surface area contributed by atoms with Crippen LogP contribution in [0.5, 0.6) is 0 Å². The fraction of sp³-hybridized carbons (Fsp3) is 0.923. The first-order valence-electron chi connectivity index (χ1n) is 12.1. The monoisotopic (exact) mass is 388 g/mol. The molecular formula is C26H44O2. The number of allylic oxidation sites excluding steroid dienone is 1. The maximum absolute atomic E-state index is 10.6. The molecule has 0 aromatic carbocycles. The number of hydrogen-bond acceptors (Lipinski definition) is 2. The quantitative estimate of drug-likeness (QED) is 0.566. The lowest BCUT2D eigenvalue weighted by atomic mass is 9.47. The molecule has 4 rings (SSSR count). The Morgan fingerprint density at radius 1 is 1.04 bits per heavy atom. The third kappa shape index (κ3) is 3.31. The van der Waals surface area contributed by atoms with E-state index in [0.29, 0.717) is 28.8 Å². The molecule has 0 aromatic rings. The van der Waals surface area contributed by atoms with Crippen molar-refractivity contribution in [1.82, 2.24) is 0 Å². The van der Waals surface area contributed by atoms with Crippen LogP contribution >= 0.6 is 0 Å². The van der Waals surface area contributed by atoms with Crippen molar-refractivity contribution in [3.05, 3.63) is 11.6 Å². The lowest BCUT2D eigenvalue weighted by Gasteiger charge is -2.58. The van der Waals surface area contributed by atoms with Crippen LogP contribution in [-0.4, -0.2) is 23.4 Å². The Balaban J connectivity index is 1.51. The van der Waals surface area contributed by atoms with Gasteiger partial charge in [0.25, 0.3) is 0 Å². The van der Waals surface area contributed by atoms with Gasteiger partial charge in [-0.25, -0.2) is 0 Å². The van der Waals surface area contributed by atoms with E-state index in [1.54, 1.807) is 5.57 Å². The van der Waals surface area contributed by atoms with Crippen molar-refractivity contribution in [1.29, 1.82) is 0 Å². The van der Waals surface area contributed by atoms with Crippen molar-refractivity contribution in [2.45, 2.75) is 105 Å². The summed E-state index contributed by atoms with van der Waals surface area (Å²) >= 11 is 0. The average Bonchev–Trinajstić information content (AvgIpc) is 2.96. The maximum atomic E-state index is 10.6. The molecule has 4 aliphatic carbocycles. The molecule has 0 saturated heterocycles. The first kappa shape index (κ1) is 20.9. The number of ether oxygens (including phenoxy) is 1. The van der Waals surface area contributed by atoms with Crippen LogP contribution in [0.25, 0.3) is 0 Å². The standard InChI is InChI=1S/C26H44O2/c1-17(2)18(3)16-28-23-10-9-21-20-8-7-19-15-24(4,27)13-14-25(19,5)22(20)11-12-26(21,23)6/h7,17-18,20-23,27H,8-16H2,1-6H3/t18?,20?,21?,22?,23-,24-,25-,26-/m0/s1. The van der Waals surface area contributed by atoms with Crippen LogP contribution in [0.4, 0.5) is 0 Å². The molecule has 8 atom stereocenters. The van der Waals surface area contributed by atoms with Crippen LogP contribution in [0.1, 0.15) is 92.9 Å². The van der Waals surface area contributed by atoms with Crippen molar-refractivity contribution < 1.29 is 9.84 Å². The van der Waals surface area contributed by atoms with Gasteiger partial charge in [-0.05, 0) is 98.7 Å². The zero-order valence-electron chi connectivity index (χ0n) is 19.3. The van der Waals surface area contributed by atoms with E-state index in [0.717, 1.165) is 37.2 Å². The number of rotatable bonds is 4. The summed E-state index contributed by atoms with van der Waals surface area (Å²) in [5, 5.41) is 10.6. The van der Waals surface area contributed by atoms with Gasteiger partial charge in [0.1, 0.15) is 0 Å². The van der Waals surface area contributed by atoms with Crippen molar-refractivity contribution in [3.8, 4) is 0 Å². The van der Waals surface area contributed by atoms with Crippen LogP contribution < -0.4 is 0 Å². The zero-order chi connectivity index (χ0) is 20.3. The van der Waals surface area contributed by atoms with Crippen LogP contribution in [0, 0.1) is 40.4 Å². The van der Waals surface area contributed by atoms with Gasteiger partial charge >= 0.3 is 0 Å². The predicted molar refractivity (Wildman–Crippen MR) is 116 cm³/mol. The molecule has 3 fully saturated rings. The highest BCUT2D eigenvalue weighted by Crippen LogP contribution is 2.65. The van der Waals surface area contributed by atoms with E-state index >= 15 is 0 Å². The Morgan fingerprint density at radius 2 is 1.79 bits per heavy atom. The number of fused-ring (bicyclic) bond motifs is 5. The van der Waals surface area contributed by atoms with Crippen molar-refractivity contribution in [2.75, 3.05) is 6.61 Å². The summed E-state index contributed by atoms with van der Waals surface area (Å²) in [5.41, 5.74) is 1.79. The SMILES string of the molecule is CC(C)C(C)CO[C@H]1CCC2C3CC=C4C[C@@](C)(O)CC[C@]4(C)C3CC[C@@]21C. The molecule has 2 heteroatoms. The molecule has 0 radical (unpaired) electrons. The van der Waals surface area contributed by atoms with Gasteiger partial charge in [0.2, 0.25) is 0 Å². The Morgan fingerprint density at radius 3 is 2.50 bits per heavy atom. The van der Waals surface area contributed by atoms with Gasteiger partial charge in [0, 0.05) is 6.61 Å². The van der Waals surface area contributed by atoms with Crippen LogP contribution in [0.15, 0.2) is 11.6 Å². The summed E-state index contributed by atoms with van der Waals surface area (Å²) < 4.78 is 6.59. The molecule has 1 N–H and O–H groups in total. The van der Waals surface area contributed by atoms with Gasteiger partial charge in [-0.15, -0.1) is 0 Å². The second-order valence-electron chi connectivity index (χ2n) is 12.1. The third-order valence-electron chi connectivity index (χ3n) is 9.99. The smallest absolute Gasteiger partial charge is 0.0657 e. The van der Waals surface area contributed by atoms with E-state index in [2.05, 4.69) is 40.7 Å². The topological polar surface area (TPSA) is 29.5 Å². The predicted octanol–water partition coefficient (Wildman–Crippen LogP) is 6.38. The first-order chi connectivity index (χ1) is 13.1. The number of hydrogen-bond donors (Lipinski definition) is 1. The van der Waals surface area contributed by atoms with E-state index in [-0.39, 0.29) is 0 Å². The number of aliphatic hydroxyl groups is 1. The normalized spacial score (nSPS) is 49.2. The Labute approximate surface area is 173 Å². The molecule has 160 valence electrons. The molecule has 3 saturated carbocycles. The van der Waals surface area contributed by atoms with Gasteiger partial charge in [-0.1, -0.05) is 46.3 Å². The second kappa shape index (κ2) is 7.12. The summed E-state index contributed by atoms with van der Waals surface area (Å²) in [6.45, 7) is 15.0. The van der Waals surface area contributed by atoms with Gasteiger partial charge in [-0.2, -0.15) is 0 Å². The average molecular weight is 389 g/mol. The zero-order valence-corrected chi connectivity index (χ0v) is 19.3. The van der Waals surface area contributed by atoms with E-state index in [9.17, 15) is 5.11 Å². The van der Waals surface area contributed by atoms with E-state index < -0.39 is 5.60 Å². The van der Waals surface area contributed by atoms with Crippen LogP contribution in [-0.2, 0) is 4.74 Å². The van der Waals surface area contributed by atoms with E-state index in [4.69, 9.17) is 4.74 Å². The summed E-state index contributed by atoms with van der Waals surface area (Å²) in [6.07, 6.45) is 12.6. The summed E-state index contributed by atoms with van der Waals surface area (Å²) in [6, 6.07) is 0. The summed E-state index contributed by atoms with van der Waals surface area (Å²) in [4.78, 5) is 0. The summed E-state index contributed by atoms with van der Waals surface area (Å²) in [7, 11) is 0. The molecule has 4 unspecified atom stereocenters. The minimum atomic E-state index is -0.485. The molecule has 0 spiro atoms. The Hall–Kier alpha value is -0.340. The third-order valence-corrected chi connectivity index (χ3v) is 9.99. The fourth-order valence-electron chi connectivity index (χ4n) is 7.49. The molecule has 0 aromatic heterocycles. The molecule has 0 bridgehead atoms. The van der Waals surface area contributed by atoms with E-state index in [1.807, 2.05) is 6.92 Å². The van der Waals surface area contributed by atoms with Crippen molar-refractivity contribution in [3.63, 3.8) is 0 Å². The molecule has 4 aliphatic rings. The molecule has 0 amide bonds. The molecule has 0 heterocycles. The molecular weight excluding hydrogens is 344 g/mol. The van der Waals surface area contributed by atoms with Crippen molar-refractivity contribution >= 4 is 0 Å². The highest BCUT2D eigenvalue weighted by atomic mass is 16.5. The minimum Gasteiger partial charge on any atom is -0.390 e. The van der Waals surface area contributed by atoms with Crippen LogP contribution in [0.3, 0.4) is 0 Å². The van der Waals surface area contributed by atoms with Crippen LogP contribution in [0.2, 0.25) is 0 Å². The van der Waals surface area contributed by atoms with Crippen molar-refractivity contribution in [2.24, 2.45) is 40.4 Å². The Kier molecular flexibility index (Phi) is 5.32. The molecule has 2 nitrogen and oxygen atoms in total. The van der Waals surface area contributed by atoms with Gasteiger partial charge in [0.15, 0.2) is 0 Å². The minimum absolute atomic E-state index is 0.331. The van der Waals surface area contributed by atoms with Gasteiger partial charge in [-0.3, -0.25) is 0 Å². The highest BCUT2D eigenvalue weighted by Gasteiger charge is 2.59. The lowest BCUT2D eigenvalue weighted by molar-refractivity contribution is -0.104. The van der Waals surface area contributed by atoms with E-state index in [1.165, 1.54) is 38.5 Å². The second-order valence-corrected chi connectivity index (χ2v) is 12.1. The highest BCUT2D eigenvalue weighted by molar-refractivity contribution is 5.26. The first-order valence-corrected chi connectivity index (χ1v) is 12.1. The fourth-order valence-corrected chi connectivity index (χ4v) is 7.49. The molecule has 0 aliphatic heterocycles. The molecule has 28 heavy (non-hydrogen) atoms. The largest absolute Gasteiger partial charge is 0.390 e. The summed E-state index contributed by atoms with van der Waals surface area (Å²) in [5.74, 6) is 3.81. The Bertz CT molecular complexity index is 620. The lowest BCUT2D eigenvalue weighted by Crippen LogP contribution is -2.52.